The number of carbonyl (C=O) groups excluding carboxylic acids is 1. The summed E-state index contributed by atoms with van der Waals surface area (Å²) in [6.45, 7) is 2.61. The van der Waals surface area contributed by atoms with Gasteiger partial charge in [0.25, 0.3) is 0 Å². The van der Waals surface area contributed by atoms with Crippen molar-refractivity contribution in [2.45, 2.75) is 26.3 Å². The minimum Gasteiger partial charge on any atom is -0.469 e. The first kappa shape index (κ1) is 12.8. The van der Waals surface area contributed by atoms with E-state index in [0.29, 0.717) is 6.54 Å². The van der Waals surface area contributed by atoms with Gasteiger partial charge in [-0.1, -0.05) is 29.8 Å². The van der Waals surface area contributed by atoms with Crippen LogP contribution in [0.1, 0.15) is 17.8 Å². The monoisotopic (exact) mass is 271 g/mol. The second-order valence-electron chi connectivity index (χ2n) is 5.16. The standard InChI is InChI=1S/C15H17N3O2/c1-10-3-5-11(6-4-10)14-16-13-8-7-12(15(19)20-2)9-18(13)17-14/h3-6,12H,7-9H2,1-2H3. The van der Waals surface area contributed by atoms with Crippen molar-refractivity contribution in [3.8, 4) is 11.4 Å². The average Bonchev–Trinajstić information content (AvgIpc) is 2.90. The highest BCUT2D eigenvalue weighted by Crippen LogP contribution is 2.23. The van der Waals surface area contributed by atoms with Gasteiger partial charge in [0.15, 0.2) is 5.82 Å². The van der Waals surface area contributed by atoms with Gasteiger partial charge in [0, 0.05) is 12.0 Å². The first-order chi connectivity index (χ1) is 9.67. The van der Waals surface area contributed by atoms with Gasteiger partial charge in [-0.3, -0.25) is 4.79 Å². The number of fused-ring (bicyclic) bond motifs is 1. The molecule has 3 rings (SSSR count). The second kappa shape index (κ2) is 5.07. The van der Waals surface area contributed by atoms with Gasteiger partial charge in [0.05, 0.1) is 19.6 Å². The summed E-state index contributed by atoms with van der Waals surface area (Å²) in [6.07, 6.45) is 1.54. The lowest BCUT2D eigenvalue weighted by Crippen LogP contribution is -2.28. The molecule has 1 unspecified atom stereocenters. The van der Waals surface area contributed by atoms with Crippen LogP contribution in [0.3, 0.4) is 0 Å². The molecule has 0 amide bonds. The maximum atomic E-state index is 11.6. The predicted molar refractivity (Wildman–Crippen MR) is 74.0 cm³/mol. The maximum Gasteiger partial charge on any atom is 0.310 e. The summed E-state index contributed by atoms with van der Waals surface area (Å²) >= 11 is 0. The van der Waals surface area contributed by atoms with Crippen molar-refractivity contribution in [3.63, 3.8) is 0 Å². The molecule has 0 saturated carbocycles. The summed E-state index contributed by atoms with van der Waals surface area (Å²) in [7, 11) is 1.43. The largest absolute Gasteiger partial charge is 0.469 e. The zero-order chi connectivity index (χ0) is 14.1. The molecule has 1 aliphatic rings. The summed E-state index contributed by atoms with van der Waals surface area (Å²) in [4.78, 5) is 16.2. The number of aromatic nitrogens is 3. The van der Waals surface area contributed by atoms with Crippen molar-refractivity contribution in [3.05, 3.63) is 35.7 Å². The average molecular weight is 271 g/mol. The number of esters is 1. The zero-order valence-electron chi connectivity index (χ0n) is 11.7. The fraction of sp³-hybridized carbons (Fsp3) is 0.400. The molecule has 0 N–H and O–H groups in total. The molecule has 0 bridgehead atoms. The molecule has 2 aromatic rings. The van der Waals surface area contributed by atoms with Crippen LogP contribution in [0.25, 0.3) is 11.4 Å². The maximum absolute atomic E-state index is 11.6. The van der Waals surface area contributed by atoms with E-state index in [2.05, 4.69) is 17.0 Å². The van der Waals surface area contributed by atoms with Gasteiger partial charge in [-0.25, -0.2) is 9.67 Å². The molecule has 2 heterocycles. The Morgan fingerprint density at radius 2 is 2.10 bits per heavy atom. The highest BCUT2D eigenvalue weighted by molar-refractivity contribution is 5.72. The molecule has 0 spiro atoms. The van der Waals surface area contributed by atoms with Gasteiger partial charge in [-0.15, -0.1) is 0 Å². The number of hydrogen-bond acceptors (Lipinski definition) is 4. The number of carbonyl (C=O) groups is 1. The molecule has 0 aliphatic carbocycles. The van der Waals surface area contributed by atoms with Gasteiger partial charge >= 0.3 is 5.97 Å². The lowest BCUT2D eigenvalue weighted by molar-refractivity contribution is -0.146. The van der Waals surface area contributed by atoms with E-state index in [1.807, 2.05) is 28.9 Å². The van der Waals surface area contributed by atoms with Crippen molar-refractivity contribution >= 4 is 5.97 Å². The molecule has 0 fully saturated rings. The molecule has 1 aromatic heterocycles. The Bertz CT molecular complexity index is 631. The summed E-state index contributed by atoms with van der Waals surface area (Å²) in [5.74, 6) is 1.40. The predicted octanol–water partition coefficient (Wildman–Crippen LogP) is 1.99. The van der Waals surface area contributed by atoms with Gasteiger partial charge in [0.2, 0.25) is 0 Å². The van der Waals surface area contributed by atoms with Crippen LogP contribution >= 0.6 is 0 Å². The molecule has 5 heteroatoms. The summed E-state index contributed by atoms with van der Waals surface area (Å²) in [5.41, 5.74) is 2.22. The smallest absolute Gasteiger partial charge is 0.310 e. The number of benzene rings is 1. The van der Waals surface area contributed by atoms with E-state index in [0.717, 1.165) is 30.1 Å². The van der Waals surface area contributed by atoms with Crippen LogP contribution in [0.15, 0.2) is 24.3 Å². The van der Waals surface area contributed by atoms with Crippen LogP contribution < -0.4 is 0 Å². The van der Waals surface area contributed by atoms with Crippen LogP contribution in [0.2, 0.25) is 0 Å². The Morgan fingerprint density at radius 1 is 1.35 bits per heavy atom. The van der Waals surface area contributed by atoms with Crippen molar-refractivity contribution in [1.82, 2.24) is 14.8 Å². The molecule has 104 valence electrons. The number of nitrogens with zero attached hydrogens (tertiary/aromatic N) is 3. The van der Waals surface area contributed by atoms with Crippen LogP contribution in [0.5, 0.6) is 0 Å². The molecule has 0 radical (unpaired) electrons. The topological polar surface area (TPSA) is 57.0 Å². The third kappa shape index (κ3) is 2.31. The number of methoxy groups -OCH3 is 1. The number of rotatable bonds is 2. The molecule has 1 atom stereocenters. The van der Waals surface area contributed by atoms with E-state index < -0.39 is 0 Å². The van der Waals surface area contributed by atoms with Gasteiger partial charge in [0.1, 0.15) is 5.82 Å². The molecule has 20 heavy (non-hydrogen) atoms. The third-order valence-electron chi connectivity index (χ3n) is 3.70. The van der Waals surface area contributed by atoms with Crippen molar-refractivity contribution in [1.29, 1.82) is 0 Å². The third-order valence-corrected chi connectivity index (χ3v) is 3.70. The van der Waals surface area contributed by atoms with Gasteiger partial charge in [-0.05, 0) is 13.3 Å². The van der Waals surface area contributed by atoms with E-state index in [9.17, 15) is 4.79 Å². The Morgan fingerprint density at radius 3 is 2.80 bits per heavy atom. The van der Waals surface area contributed by atoms with Crippen LogP contribution in [-0.2, 0) is 22.5 Å². The molecular formula is C15H17N3O2. The summed E-state index contributed by atoms with van der Waals surface area (Å²) in [6, 6.07) is 8.14. The van der Waals surface area contributed by atoms with Crippen molar-refractivity contribution in [2.75, 3.05) is 7.11 Å². The van der Waals surface area contributed by atoms with E-state index in [1.54, 1.807) is 0 Å². The quantitative estimate of drug-likeness (QED) is 0.784. The lowest BCUT2D eigenvalue weighted by atomic mass is 10.0. The van der Waals surface area contributed by atoms with Gasteiger partial charge in [-0.2, -0.15) is 5.10 Å². The summed E-state index contributed by atoms with van der Waals surface area (Å²) in [5, 5.41) is 4.52. The second-order valence-corrected chi connectivity index (χ2v) is 5.16. The number of hydrogen-bond donors (Lipinski definition) is 0. The van der Waals surface area contributed by atoms with E-state index in [1.165, 1.54) is 12.7 Å². The molecular weight excluding hydrogens is 254 g/mol. The SMILES string of the molecule is COC(=O)C1CCc2nc(-c3ccc(C)cc3)nn2C1. The van der Waals surface area contributed by atoms with Crippen LogP contribution in [0, 0.1) is 12.8 Å². The van der Waals surface area contributed by atoms with E-state index >= 15 is 0 Å². The Kier molecular flexibility index (Phi) is 3.26. The number of aryl methyl sites for hydroxylation is 2. The van der Waals surface area contributed by atoms with Crippen molar-refractivity contribution in [2.24, 2.45) is 5.92 Å². The minimum absolute atomic E-state index is 0.111. The van der Waals surface area contributed by atoms with E-state index in [4.69, 9.17) is 4.74 Å². The zero-order valence-corrected chi connectivity index (χ0v) is 11.7. The molecule has 5 nitrogen and oxygen atoms in total. The number of ether oxygens (including phenoxy) is 1. The van der Waals surface area contributed by atoms with E-state index in [-0.39, 0.29) is 11.9 Å². The Labute approximate surface area is 117 Å². The highest BCUT2D eigenvalue weighted by Gasteiger charge is 2.27. The fourth-order valence-electron chi connectivity index (χ4n) is 2.49. The highest BCUT2D eigenvalue weighted by atomic mass is 16.5. The summed E-state index contributed by atoms with van der Waals surface area (Å²) < 4.78 is 6.64. The Hall–Kier alpha value is -2.17. The van der Waals surface area contributed by atoms with Gasteiger partial charge < -0.3 is 4.74 Å². The Balaban J connectivity index is 1.86. The van der Waals surface area contributed by atoms with Crippen LogP contribution in [0.4, 0.5) is 0 Å². The normalized spacial score (nSPS) is 17.6. The molecule has 1 aromatic carbocycles. The first-order valence-corrected chi connectivity index (χ1v) is 6.76. The first-order valence-electron chi connectivity index (χ1n) is 6.76. The fourth-order valence-corrected chi connectivity index (χ4v) is 2.49. The van der Waals surface area contributed by atoms with Crippen molar-refractivity contribution < 1.29 is 9.53 Å². The molecule has 1 aliphatic heterocycles. The molecule has 0 saturated heterocycles. The van der Waals surface area contributed by atoms with Crippen LogP contribution in [-0.4, -0.2) is 27.8 Å². The lowest BCUT2D eigenvalue weighted by Gasteiger charge is -2.19. The minimum atomic E-state index is -0.164.